The average Bonchev–Trinajstić information content (AvgIpc) is 2.57. The highest BCUT2D eigenvalue weighted by molar-refractivity contribution is 5.42. The molecule has 0 unspecified atom stereocenters. The van der Waals surface area contributed by atoms with Crippen LogP contribution in [0.3, 0.4) is 0 Å². The van der Waals surface area contributed by atoms with E-state index < -0.39 is 0 Å². The van der Waals surface area contributed by atoms with Gasteiger partial charge in [0.25, 0.3) is 0 Å². The van der Waals surface area contributed by atoms with Crippen molar-refractivity contribution < 1.29 is 0 Å². The van der Waals surface area contributed by atoms with Gasteiger partial charge in [-0.1, -0.05) is 12.1 Å². The standard InChI is InChI=1S/C15H20N6/c16-19-15-13(4-3-7-18-15)12-20-8-10-21(11-9-20)14-5-1-2-6-17-14/h1-7H,8-12,16H2,(H,18,19). The number of piperazine rings is 1. The summed E-state index contributed by atoms with van der Waals surface area (Å²) in [5.74, 6) is 7.32. The second kappa shape index (κ2) is 6.51. The number of nitrogens with zero attached hydrogens (tertiary/aromatic N) is 4. The van der Waals surface area contributed by atoms with E-state index in [1.165, 1.54) is 0 Å². The molecular formula is C15H20N6. The zero-order chi connectivity index (χ0) is 14.5. The Bertz CT molecular complexity index is 565. The van der Waals surface area contributed by atoms with Crippen LogP contribution < -0.4 is 16.2 Å². The third-order valence-electron chi connectivity index (χ3n) is 3.77. The lowest BCUT2D eigenvalue weighted by Crippen LogP contribution is -2.46. The van der Waals surface area contributed by atoms with Gasteiger partial charge in [-0.05, 0) is 18.2 Å². The largest absolute Gasteiger partial charge is 0.354 e. The molecule has 6 nitrogen and oxygen atoms in total. The highest BCUT2D eigenvalue weighted by Gasteiger charge is 2.18. The molecule has 0 atom stereocenters. The van der Waals surface area contributed by atoms with Gasteiger partial charge in [0.15, 0.2) is 0 Å². The van der Waals surface area contributed by atoms with Crippen LogP contribution in [0.25, 0.3) is 0 Å². The van der Waals surface area contributed by atoms with E-state index in [0.717, 1.165) is 49.9 Å². The maximum absolute atomic E-state index is 5.51. The summed E-state index contributed by atoms with van der Waals surface area (Å²) < 4.78 is 0. The monoisotopic (exact) mass is 284 g/mol. The molecule has 3 heterocycles. The van der Waals surface area contributed by atoms with Gasteiger partial charge in [-0.15, -0.1) is 0 Å². The number of rotatable bonds is 4. The molecule has 0 bridgehead atoms. The van der Waals surface area contributed by atoms with Crippen molar-refractivity contribution in [2.24, 2.45) is 5.84 Å². The topological polar surface area (TPSA) is 70.3 Å². The molecule has 1 aliphatic rings. The van der Waals surface area contributed by atoms with Gasteiger partial charge in [-0.2, -0.15) is 0 Å². The van der Waals surface area contributed by atoms with E-state index in [9.17, 15) is 0 Å². The maximum atomic E-state index is 5.51. The number of hydrogen-bond donors (Lipinski definition) is 2. The lowest BCUT2D eigenvalue weighted by Gasteiger charge is -2.35. The molecule has 1 fully saturated rings. The molecule has 0 aliphatic carbocycles. The number of hydrazine groups is 1. The number of anilines is 2. The number of nitrogens with two attached hydrogens (primary N) is 1. The Morgan fingerprint density at radius 1 is 1.00 bits per heavy atom. The van der Waals surface area contributed by atoms with E-state index in [1.54, 1.807) is 6.20 Å². The van der Waals surface area contributed by atoms with Crippen LogP contribution in [0.5, 0.6) is 0 Å². The van der Waals surface area contributed by atoms with Crippen molar-refractivity contribution >= 4 is 11.6 Å². The van der Waals surface area contributed by atoms with E-state index in [2.05, 4.69) is 37.3 Å². The molecule has 1 saturated heterocycles. The number of hydrogen-bond acceptors (Lipinski definition) is 6. The van der Waals surface area contributed by atoms with Gasteiger partial charge in [-0.25, -0.2) is 15.8 Å². The Balaban J connectivity index is 1.59. The van der Waals surface area contributed by atoms with Crippen LogP contribution >= 0.6 is 0 Å². The summed E-state index contributed by atoms with van der Waals surface area (Å²) in [6.07, 6.45) is 3.59. The SMILES string of the molecule is NNc1ncccc1CN1CCN(c2ccccn2)CC1. The van der Waals surface area contributed by atoms with Gasteiger partial charge < -0.3 is 10.3 Å². The van der Waals surface area contributed by atoms with Crippen molar-refractivity contribution in [1.82, 2.24) is 14.9 Å². The third kappa shape index (κ3) is 3.29. The molecule has 0 spiro atoms. The third-order valence-corrected chi connectivity index (χ3v) is 3.77. The summed E-state index contributed by atoms with van der Waals surface area (Å²) in [6.45, 7) is 4.86. The fourth-order valence-electron chi connectivity index (χ4n) is 2.61. The van der Waals surface area contributed by atoms with Crippen LogP contribution in [-0.4, -0.2) is 41.0 Å². The van der Waals surface area contributed by atoms with E-state index in [0.29, 0.717) is 0 Å². The first kappa shape index (κ1) is 13.8. The minimum Gasteiger partial charge on any atom is -0.354 e. The summed E-state index contributed by atoms with van der Waals surface area (Å²) in [6, 6.07) is 10.0. The van der Waals surface area contributed by atoms with Crippen LogP contribution in [0.15, 0.2) is 42.7 Å². The molecule has 2 aromatic heterocycles. The predicted molar refractivity (Wildman–Crippen MR) is 83.8 cm³/mol. The molecule has 0 saturated carbocycles. The summed E-state index contributed by atoms with van der Waals surface area (Å²) in [5, 5.41) is 0. The van der Waals surface area contributed by atoms with Crippen molar-refractivity contribution in [2.75, 3.05) is 36.5 Å². The molecule has 2 aromatic rings. The van der Waals surface area contributed by atoms with Gasteiger partial charge in [0.1, 0.15) is 11.6 Å². The van der Waals surface area contributed by atoms with Crippen molar-refractivity contribution in [3.63, 3.8) is 0 Å². The van der Waals surface area contributed by atoms with E-state index in [1.807, 2.05) is 24.4 Å². The van der Waals surface area contributed by atoms with Gasteiger partial charge in [0.05, 0.1) is 0 Å². The van der Waals surface area contributed by atoms with Crippen LogP contribution in [0, 0.1) is 0 Å². The zero-order valence-electron chi connectivity index (χ0n) is 11.9. The molecule has 0 aromatic carbocycles. The molecule has 110 valence electrons. The molecule has 0 radical (unpaired) electrons. The highest BCUT2D eigenvalue weighted by Crippen LogP contribution is 2.17. The first-order valence-corrected chi connectivity index (χ1v) is 7.15. The Hall–Kier alpha value is -2.18. The highest BCUT2D eigenvalue weighted by atomic mass is 15.3. The van der Waals surface area contributed by atoms with Crippen LogP contribution in [0.4, 0.5) is 11.6 Å². The van der Waals surface area contributed by atoms with Crippen molar-refractivity contribution in [3.8, 4) is 0 Å². The molecule has 6 heteroatoms. The van der Waals surface area contributed by atoms with Gasteiger partial charge in [0, 0.05) is 50.7 Å². The summed E-state index contributed by atoms with van der Waals surface area (Å²) in [5.41, 5.74) is 3.79. The summed E-state index contributed by atoms with van der Waals surface area (Å²) >= 11 is 0. The molecule has 0 amide bonds. The average molecular weight is 284 g/mol. The van der Waals surface area contributed by atoms with Gasteiger partial charge in [-0.3, -0.25) is 4.90 Å². The zero-order valence-corrected chi connectivity index (χ0v) is 11.9. The number of nitrogen functional groups attached to an aromatic ring is 1. The van der Waals surface area contributed by atoms with E-state index in [4.69, 9.17) is 5.84 Å². The van der Waals surface area contributed by atoms with Crippen LogP contribution in [0.1, 0.15) is 5.56 Å². The maximum Gasteiger partial charge on any atom is 0.144 e. The fourth-order valence-corrected chi connectivity index (χ4v) is 2.61. The number of pyridine rings is 2. The van der Waals surface area contributed by atoms with Gasteiger partial charge >= 0.3 is 0 Å². The van der Waals surface area contributed by atoms with Crippen LogP contribution in [-0.2, 0) is 6.54 Å². The van der Waals surface area contributed by atoms with Crippen molar-refractivity contribution in [2.45, 2.75) is 6.54 Å². The number of nitrogens with one attached hydrogen (secondary N) is 1. The minimum absolute atomic E-state index is 0.754. The van der Waals surface area contributed by atoms with Gasteiger partial charge in [0.2, 0.25) is 0 Å². The quantitative estimate of drug-likeness (QED) is 0.647. The Labute approximate surface area is 124 Å². The van der Waals surface area contributed by atoms with Crippen molar-refractivity contribution in [1.29, 1.82) is 0 Å². The molecule has 21 heavy (non-hydrogen) atoms. The molecular weight excluding hydrogens is 264 g/mol. The molecule has 3 rings (SSSR count). The molecule has 1 aliphatic heterocycles. The minimum atomic E-state index is 0.754. The first-order chi connectivity index (χ1) is 10.4. The van der Waals surface area contributed by atoms with E-state index >= 15 is 0 Å². The Morgan fingerprint density at radius 2 is 1.81 bits per heavy atom. The smallest absolute Gasteiger partial charge is 0.144 e. The fraction of sp³-hybridized carbons (Fsp3) is 0.333. The lowest BCUT2D eigenvalue weighted by molar-refractivity contribution is 0.249. The second-order valence-corrected chi connectivity index (χ2v) is 5.11. The van der Waals surface area contributed by atoms with Crippen LogP contribution in [0.2, 0.25) is 0 Å². The lowest BCUT2D eigenvalue weighted by atomic mass is 10.2. The van der Waals surface area contributed by atoms with Crippen molar-refractivity contribution in [3.05, 3.63) is 48.3 Å². The van der Waals surface area contributed by atoms with E-state index in [-0.39, 0.29) is 0 Å². The number of aromatic nitrogens is 2. The second-order valence-electron chi connectivity index (χ2n) is 5.11. The Kier molecular flexibility index (Phi) is 4.28. The normalized spacial score (nSPS) is 16.0. The predicted octanol–water partition coefficient (Wildman–Crippen LogP) is 1.08. The Morgan fingerprint density at radius 3 is 2.52 bits per heavy atom. The first-order valence-electron chi connectivity index (χ1n) is 7.15. The summed E-state index contributed by atoms with van der Waals surface area (Å²) in [7, 11) is 0. The molecule has 3 N–H and O–H groups in total. The summed E-state index contributed by atoms with van der Waals surface area (Å²) in [4.78, 5) is 13.4.